The minimum Gasteiger partial charge on any atom is -0.364 e. The molecular weight excluding hydrogens is 431 g/mol. The number of ether oxygens (including phenoxy) is 1. The molecule has 0 aliphatic heterocycles. The zero-order valence-electron chi connectivity index (χ0n) is 15.9. The molecule has 0 aliphatic carbocycles. The summed E-state index contributed by atoms with van der Waals surface area (Å²) in [6.45, 7) is 0.171. The zero-order chi connectivity index (χ0) is 21.3. The van der Waals surface area contributed by atoms with Crippen LogP contribution in [0.1, 0.15) is 10.4 Å². The van der Waals surface area contributed by atoms with E-state index in [0.29, 0.717) is 38.1 Å². The molecule has 0 spiro atoms. The Morgan fingerprint density at radius 1 is 1.10 bits per heavy atom. The Morgan fingerprint density at radius 3 is 2.50 bits per heavy atom. The topological polar surface area (TPSA) is 14.2 Å². The van der Waals surface area contributed by atoms with Crippen LogP contribution in [0.4, 0.5) is 13.2 Å². The number of methoxy groups -OCH3 is 1. The molecule has 0 N–H and O–H groups in total. The molecular formula is C23H17ClF3NOS. The molecule has 7 heteroatoms. The first-order valence-corrected chi connectivity index (χ1v) is 10.3. The summed E-state index contributed by atoms with van der Waals surface area (Å²) in [5, 5.41) is 2.95. The van der Waals surface area contributed by atoms with Crippen molar-refractivity contribution in [3.05, 3.63) is 87.6 Å². The van der Waals surface area contributed by atoms with Crippen molar-refractivity contribution in [3.8, 4) is 11.3 Å². The molecule has 2 nitrogen and oxygen atoms in total. The average Bonchev–Trinajstić information content (AvgIpc) is 3.33. The van der Waals surface area contributed by atoms with E-state index in [-0.39, 0.29) is 12.3 Å². The first-order valence-electron chi connectivity index (χ1n) is 9.09. The van der Waals surface area contributed by atoms with Gasteiger partial charge in [-0.25, -0.2) is 0 Å². The quantitative estimate of drug-likeness (QED) is 0.307. The second kappa shape index (κ2) is 8.30. The van der Waals surface area contributed by atoms with Gasteiger partial charge in [0.2, 0.25) is 0 Å². The van der Waals surface area contributed by atoms with Gasteiger partial charge >= 0.3 is 6.18 Å². The highest BCUT2D eigenvalue weighted by Crippen LogP contribution is 2.43. The maximum atomic E-state index is 13.6. The molecule has 30 heavy (non-hydrogen) atoms. The van der Waals surface area contributed by atoms with E-state index >= 15 is 0 Å². The Morgan fingerprint density at radius 2 is 1.87 bits per heavy atom. The molecule has 4 rings (SSSR count). The molecule has 0 aliphatic rings. The van der Waals surface area contributed by atoms with Gasteiger partial charge < -0.3 is 9.30 Å². The lowest BCUT2D eigenvalue weighted by Gasteiger charge is -2.14. The third-order valence-corrected chi connectivity index (χ3v) is 5.83. The maximum Gasteiger partial charge on any atom is 0.410 e. The van der Waals surface area contributed by atoms with Gasteiger partial charge in [-0.15, -0.1) is 11.3 Å². The largest absolute Gasteiger partial charge is 0.410 e. The number of benzene rings is 2. The number of thiophene rings is 1. The lowest BCUT2D eigenvalue weighted by atomic mass is 9.96. The molecule has 0 bridgehead atoms. The number of rotatable bonds is 5. The Hall–Kier alpha value is -2.54. The summed E-state index contributed by atoms with van der Waals surface area (Å²) >= 11 is 7.51. The summed E-state index contributed by atoms with van der Waals surface area (Å²) in [7, 11) is 1.55. The Kier molecular flexibility index (Phi) is 5.73. The van der Waals surface area contributed by atoms with Crippen LogP contribution in [-0.4, -0.2) is 17.9 Å². The van der Waals surface area contributed by atoms with Gasteiger partial charge in [0, 0.05) is 39.6 Å². The molecule has 154 valence electrons. The number of nitrogens with zero attached hydrogens (tertiary/aromatic N) is 1. The minimum absolute atomic E-state index is 0.124. The molecule has 0 atom stereocenters. The first kappa shape index (κ1) is 20.7. The Bertz CT molecular complexity index is 1190. The standard InChI is InChI=1S/C23H17ClF3NOS/c1-29-14-28-19-12-16(24)9-10-17(19)21(22(28)15-6-3-2-4-7-15)18(13-23(25,26)27)20-8-5-11-30-20/h2-13H,14H2,1H3/b18-13-. The van der Waals surface area contributed by atoms with Gasteiger partial charge in [-0.2, -0.15) is 13.2 Å². The normalized spacial score (nSPS) is 12.6. The number of allylic oxidation sites excluding steroid dienone is 1. The van der Waals surface area contributed by atoms with Crippen LogP contribution in [0.3, 0.4) is 0 Å². The molecule has 0 unspecified atom stereocenters. The van der Waals surface area contributed by atoms with Crippen molar-refractivity contribution < 1.29 is 17.9 Å². The molecule has 0 saturated heterocycles. The van der Waals surface area contributed by atoms with Crippen LogP contribution in [-0.2, 0) is 11.5 Å². The molecule has 4 aromatic rings. The van der Waals surface area contributed by atoms with Crippen molar-refractivity contribution in [2.75, 3.05) is 7.11 Å². The summed E-state index contributed by atoms with van der Waals surface area (Å²) in [6.07, 6.45) is -4.10. The van der Waals surface area contributed by atoms with E-state index in [4.69, 9.17) is 16.3 Å². The van der Waals surface area contributed by atoms with Crippen molar-refractivity contribution in [1.29, 1.82) is 0 Å². The van der Waals surface area contributed by atoms with E-state index in [2.05, 4.69) is 0 Å². The highest BCUT2D eigenvalue weighted by atomic mass is 35.5. The molecule has 2 aromatic carbocycles. The monoisotopic (exact) mass is 447 g/mol. The lowest BCUT2D eigenvalue weighted by molar-refractivity contribution is -0.0793. The van der Waals surface area contributed by atoms with Crippen LogP contribution in [0.5, 0.6) is 0 Å². The lowest BCUT2D eigenvalue weighted by Crippen LogP contribution is -2.05. The van der Waals surface area contributed by atoms with Crippen LogP contribution in [0, 0.1) is 0 Å². The van der Waals surface area contributed by atoms with Crippen LogP contribution in [0.25, 0.3) is 27.7 Å². The van der Waals surface area contributed by atoms with E-state index in [1.807, 2.05) is 34.9 Å². The van der Waals surface area contributed by atoms with E-state index < -0.39 is 6.18 Å². The Labute approximate surface area is 180 Å². The zero-order valence-corrected chi connectivity index (χ0v) is 17.5. The summed E-state index contributed by atoms with van der Waals surface area (Å²) in [5.74, 6) is 0. The molecule has 2 heterocycles. The third-order valence-electron chi connectivity index (χ3n) is 4.70. The molecule has 2 aromatic heterocycles. The number of alkyl halides is 3. The molecule has 0 amide bonds. The Balaban J connectivity index is 2.16. The SMILES string of the molecule is COCn1c(-c2ccccc2)c(/C(=C\C(F)(F)F)c2cccs2)c2ccc(Cl)cc21. The number of fused-ring (bicyclic) bond motifs is 1. The van der Waals surface area contributed by atoms with Gasteiger partial charge in [-0.05, 0) is 29.1 Å². The van der Waals surface area contributed by atoms with Gasteiger partial charge in [-0.1, -0.05) is 54.1 Å². The smallest absolute Gasteiger partial charge is 0.364 e. The summed E-state index contributed by atoms with van der Waals surface area (Å²) in [4.78, 5) is 0.538. The number of hydrogen-bond acceptors (Lipinski definition) is 2. The fourth-order valence-corrected chi connectivity index (χ4v) is 4.53. The minimum atomic E-state index is -4.48. The maximum absolute atomic E-state index is 13.6. The fourth-order valence-electron chi connectivity index (χ4n) is 3.62. The van der Waals surface area contributed by atoms with Crippen molar-refractivity contribution in [3.63, 3.8) is 0 Å². The van der Waals surface area contributed by atoms with Gasteiger partial charge in [0.1, 0.15) is 6.73 Å². The van der Waals surface area contributed by atoms with Crippen molar-refractivity contribution in [2.24, 2.45) is 0 Å². The molecule has 0 fully saturated rings. The van der Waals surface area contributed by atoms with Crippen LogP contribution >= 0.6 is 22.9 Å². The summed E-state index contributed by atoms with van der Waals surface area (Å²) < 4.78 is 48.1. The van der Waals surface area contributed by atoms with Crippen LogP contribution in [0.15, 0.2) is 72.1 Å². The van der Waals surface area contributed by atoms with Crippen molar-refractivity contribution in [2.45, 2.75) is 12.9 Å². The van der Waals surface area contributed by atoms with E-state index in [1.54, 1.807) is 42.8 Å². The number of halogens is 4. The average molecular weight is 448 g/mol. The van der Waals surface area contributed by atoms with Gasteiger partial charge in [-0.3, -0.25) is 0 Å². The van der Waals surface area contributed by atoms with E-state index in [0.717, 1.165) is 5.56 Å². The number of aromatic nitrogens is 1. The number of hydrogen-bond donors (Lipinski definition) is 0. The summed E-state index contributed by atoms with van der Waals surface area (Å²) in [5.41, 5.74) is 2.78. The molecule has 0 saturated carbocycles. The van der Waals surface area contributed by atoms with E-state index in [9.17, 15) is 13.2 Å². The summed E-state index contributed by atoms with van der Waals surface area (Å²) in [6, 6.07) is 18.0. The second-order valence-electron chi connectivity index (χ2n) is 6.67. The van der Waals surface area contributed by atoms with Crippen LogP contribution in [0.2, 0.25) is 5.02 Å². The van der Waals surface area contributed by atoms with Gasteiger partial charge in [0.25, 0.3) is 0 Å². The highest BCUT2D eigenvalue weighted by Gasteiger charge is 2.30. The second-order valence-corrected chi connectivity index (χ2v) is 8.06. The van der Waals surface area contributed by atoms with E-state index in [1.165, 1.54) is 11.3 Å². The van der Waals surface area contributed by atoms with Crippen LogP contribution < -0.4 is 0 Å². The highest BCUT2D eigenvalue weighted by molar-refractivity contribution is 7.11. The van der Waals surface area contributed by atoms with Crippen molar-refractivity contribution >= 4 is 39.4 Å². The van der Waals surface area contributed by atoms with Gasteiger partial charge in [0.05, 0.1) is 11.2 Å². The van der Waals surface area contributed by atoms with Crippen molar-refractivity contribution in [1.82, 2.24) is 4.57 Å². The first-order chi connectivity index (χ1) is 14.4. The van der Waals surface area contributed by atoms with Gasteiger partial charge in [0.15, 0.2) is 0 Å². The molecule has 0 radical (unpaired) electrons. The fraction of sp³-hybridized carbons (Fsp3) is 0.130. The predicted molar refractivity (Wildman–Crippen MR) is 117 cm³/mol. The third kappa shape index (κ3) is 4.03. The predicted octanol–water partition coefficient (Wildman–Crippen LogP) is 7.62.